The monoisotopic (exact) mass is 503 g/mol. The Labute approximate surface area is 213 Å². The molecule has 0 bridgehead atoms. The number of rotatable bonds is 5. The lowest BCUT2D eigenvalue weighted by atomic mass is 9.91. The first kappa shape index (κ1) is 24.9. The van der Waals surface area contributed by atoms with Crippen LogP contribution >= 0.6 is 0 Å². The SMILES string of the molecule is CN(C)Cc1cc(O)ccc1-c1cccc(-n2c(=O)n(C3CCC(N)CC3)c(=O)c3cc(F)cnc32)c1. The minimum Gasteiger partial charge on any atom is -0.508 e. The molecule has 0 saturated heterocycles. The zero-order chi connectivity index (χ0) is 26.3. The number of phenols is 1. The fourth-order valence-corrected chi connectivity index (χ4v) is 5.24. The molecule has 0 atom stereocenters. The highest BCUT2D eigenvalue weighted by atomic mass is 19.1. The number of phenolic OH excluding ortho intramolecular Hbond substituents is 1. The number of hydrogen-bond acceptors (Lipinski definition) is 6. The number of hydrogen-bond donors (Lipinski definition) is 2. The summed E-state index contributed by atoms with van der Waals surface area (Å²) < 4.78 is 16.8. The third-order valence-electron chi connectivity index (χ3n) is 6.99. The number of pyridine rings is 1. The van der Waals surface area contributed by atoms with E-state index in [4.69, 9.17) is 5.73 Å². The van der Waals surface area contributed by atoms with Crippen molar-refractivity contribution in [3.63, 3.8) is 0 Å². The van der Waals surface area contributed by atoms with Crippen LogP contribution in [0.1, 0.15) is 37.3 Å². The van der Waals surface area contributed by atoms with Gasteiger partial charge in [0.05, 0.1) is 17.3 Å². The second-order valence-corrected chi connectivity index (χ2v) is 10.0. The predicted octanol–water partition coefficient (Wildman–Crippen LogP) is 3.56. The van der Waals surface area contributed by atoms with Crippen molar-refractivity contribution in [2.24, 2.45) is 5.73 Å². The topological polar surface area (TPSA) is 106 Å². The Bertz CT molecular complexity index is 1590. The van der Waals surface area contributed by atoms with Crippen molar-refractivity contribution in [2.45, 2.75) is 44.3 Å². The van der Waals surface area contributed by atoms with Gasteiger partial charge < -0.3 is 15.7 Å². The summed E-state index contributed by atoms with van der Waals surface area (Å²) in [6.07, 6.45) is 3.64. The summed E-state index contributed by atoms with van der Waals surface area (Å²) in [4.78, 5) is 33.5. The van der Waals surface area contributed by atoms with E-state index in [1.54, 1.807) is 18.2 Å². The van der Waals surface area contributed by atoms with Gasteiger partial charge in [0.1, 0.15) is 11.6 Å². The zero-order valence-electron chi connectivity index (χ0n) is 20.9. The molecule has 0 aliphatic heterocycles. The number of nitrogens with two attached hydrogens (primary N) is 1. The molecule has 1 fully saturated rings. The van der Waals surface area contributed by atoms with Gasteiger partial charge in [0.25, 0.3) is 5.56 Å². The minimum atomic E-state index is -0.641. The van der Waals surface area contributed by atoms with Gasteiger partial charge in [0.15, 0.2) is 5.65 Å². The van der Waals surface area contributed by atoms with E-state index in [0.717, 1.165) is 29.0 Å². The Balaban J connectivity index is 1.73. The lowest BCUT2D eigenvalue weighted by Gasteiger charge is -2.28. The summed E-state index contributed by atoms with van der Waals surface area (Å²) in [7, 11) is 3.89. The van der Waals surface area contributed by atoms with Gasteiger partial charge in [-0.3, -0.25) is 9.36 Å². The molecule has 5 rings (SSSR count). The Morgan fingerprint density at radius 3 is 2.57 bits per heavy atom. The predicted molar refractivity (Wildman–Crippen MR) is 142 cm³/mol. The van der Waals surface area contributed by atoms with Gasteiger partial charge in [0.2, 0.25) is 0 Å². The van der Waals surface area contributed by atoms with Crippen molar-refractivity contribution in [3.8, 4) is 22.6 Å². The molecule has 2 heterocycles. The number of aromatic nitrogens is 3. The molecule has 0 unspecified atom stereocenters. The van der Waals surface area contributed by atoms with Crippen LogP contribution in [0.15, 0.2) is 64.3 Å². The molecule has 1 aliphatic carbocycles. The number of benzene rings is 2. The van der Waals surface area contributed by atoms with Gasteiger partial charge in [-0.1, -0.05) is 18.2 Å². The second-order valence-electron chi connectivity index (χ2n) is 10.0. The molecule has 0 spiro atoms. The van der Waals surface area contributed by atoms with Gasteiger partial charge >= 0.3 is 5.69 Å². The number of nitrogens with zero attached hydrogens (tertiary/aromatic N) is 4. The van der Waals surface area contributed by atoms with Gasteiger partial charge in [-0.2, -0.15) is 0 Å². The van der Waals surface area contributed by atoms with Crippen LogP contribution in [0.2, 0.25) is 0 Å². The van der Waals surface area contributed by atoms with Crippen LogP contribution < -0.4 is 17.0 Å². The maximum Gasteiger partial charge on any atom is 0.337 e. The van der Waals surface area contributed by atoms with E-state index >= 15 is 0 Å². The largest absolute Gasteiger partial charge is 0.508 e. The van der Waals surface area contributed by atoms with Crippen LogP contribution in [0.5, 0.6) is 5.75 Å². The highest BCUT2D eigenvalue weighted by Gasteiger charge is 2.26. The first-order valence-electron chi connectivity index (χ1n) is 12.4. The molecule has 2 aromatic heterocycles. The van der Waals surface area contributed by atoms with Crippen LogP contribution in [0, 0.1) is 5.82 Å². The Morgan fingerprint density at radius 2 is 1.84 bits per heavy atom. The quantitative estimate of drug-likeness (QED) is 0.431. The fourth-order valence-electron chi connectivity index (χ4n) is 5.24. The van der Waals surface area contributed by atoms with E-state index in [-0.39, 0.29) is 28.9 Å². The van der Waals surface area contributed by atoms with Crippen molar-refractivity contribution >= 4 is 11.0 Å². The van der Waals surface area contributed by atoms with Crippen LogP contribution in [0.4, 0.5) is 4.39 Å². The fraction of sp³-hybridized carbons (Fsp3) is 0.321. The minimum absolute atomic E-state index is 0.0482. The van der Waals surface area contributed by atoms with Crippen molar-refractivity contribution < 1.29 is 9.50 Å². The van der Waals surface area contributed by atoms with Crippen molar-refractivity contribution in [1.82, 2.24) is 19.0 Å². The number of aromatic hydroxyl groups is 1. The first-order chi connectivity index (χ1) is 17.7. The van der Waals surface area contributed by atoms with Gasteiger partial charge in [0, 0.05) is 18.6 Å². The third-order valence-corrected chi connectivity index (χ3v) is 6.99. The average molecular weight is 504 g/mol. The first-order valence-corrected chi connectivity index (χ1v) is 12.4. The normalized spacial score (nSPS) is 18.0. The Morgan fingerprint density at radius 1 is 1.08 bits per heavy atom. The van der Waals surface area contributed by atoms with Crippen molar-refractivity contribution in [3.05, 3.63) is 86.9 Å². The Hall–Kier alpha value is -3.82. The maximum atomic E-state index is 14.2. The smallest absolute Gasteiger partial charge is 0.337 e. The summed E-state index contributed by atoms with van der Waals surface area (Å²) in [6.45, 7) is 0.604. The molecule has 192 valence electrons. The summed E-state index contributed by atoms with van der Waals surface area (Å²) in [5, 5.41) is 10.1. The summed E-state index contributed by atoms with van der Waals surface area (Å²) in [5.74, 6) is -0.470. The standard InChI is InChI=1S/C28H30FN5O3/c1-32(2)16-18-13-23(35)10-11-24(18)17-4-3-5-22(12-17)33-26-25(14-19(29)15-31-26)27(36)34(28(33)37)21-8-6-20(30)7-9-21/h3-5,10-15,20-21,35H,6-9,16,30H2,1-2H3. The second kappa shape index (κ2) is 9.91. The average Bonchev–Trinajstić information content (AvgIpc) is 2.86. The van der Waals surface area contributed by atoms with Crippen molar-refractivity contribution in [2.75, 3.05) is 14.1 Å². The zero-order valence-corrected chi connectivity index (χ0v) is 20.9. The van der Waals surface area contributed by atoms with E-state index in [9.17, 15) is 19.1 Å². The molecular weight excluding hydrogens is 473 g/mol. The lowest BCUT2D eigenvalue weighted by Crippen LogP contribution is -2.44. The number of halogens is 1. The molecule has 1 saturated carbocycles. The molecule has 37 heavy (non-hydrogen) atoms. The Kier molecular flexibility index (Phi) is 6.66. The van der Waals surface area contributed by atoms with Gasteiger partial charge in [-0.25, -0.2) is 18.7 Å². The summed E-state index contributed by atoms with van der Waals surface area (Å²) in [5.41, 5.74) is 8.29. The molecule has 0 radical (unpaired) electrons. The molecule has 1 aliphatic rings. The molecular formula is C28H30FN5O3. The molecule has 0 amide bonds. The van der Waals surface area contributed by atoms with Crippen LogP contribution in [0.25, 0.3) is 27.8 Å². The highest BCUT2D eigenvalue weighted by Crippen LogP contribution is 2.30. The van der Waals surface area contributed by atoms with Gasteiger partial charge in [-0.05, 0) is 86.8 Å². The summed E-state index contributed by atoms with van der Waals surface area (Å²) >= 11 is 0. The molecule has 3 N–H and O–H groups in total. The van der Waals surface area contributed by atoms with E-state index < -0.39 is 17.1 Å². The van der Waals surface area contributed by atoms with Crippen LogP contribution in [-0.4, -0.2) is 44.3 Å². The van der Waals surface area contributed by atoms with E-state index in [1.807, 2.05) is 43.3 Å². The highest BCUT2D eigenvalue weighted by molar-refractivity contribution is 5.77. The van der Waals surface area contributed by atoms with E-state index in [1.165, 1.54) is 9.13 Å². The van der Waals surface area contributed by atoms with E-state index in [2.05, 4.69) is 4.98 Å². The third kappa shape index (κ3) is 4.80. The molecule has 9 heteroatoms. The van der Waals surface area contributed by atoms with Gasteiger partial charge in [-0.15, -0.1) is 0 Å². The maximum absolute atomic E-state index is 14.2. The molecule has 2 aromatic carbocycles. The van der Waals surface area contributed by atoms with Crippen LogP contribution in [-0.2, 0) is 6.54 Å². The molecule has 8 nitrogen and oxygen atoms in total. The summed E-state index contributed by atoms with van der Waals surface area (Å²) in [6, 6.07) is 13.4. The number of fused-ring (bicyclic) bond motifs is 1. The lowest BCUT2D eigenvalue weighted by molar-refractivity contribution is 0.309. The van der Waals surface area contributed by atoms with E-state index in [0.29, 0.717) is 37.9 Å². The van der Waals surface area contributed by atoms with Crippen LogP contribution in [0.3, 0.4) is 0 Å². The molecule has 4 aromatic rings. The van der Waals surface area contributed by atoms with Crippen molar-refractivity contribution in [1.29, 1.82) is 0 Å².